The summed E-state index contributed by atoms with van der Waals surface area (Å²) in [5.74, 6) is 1.44. The summed E-state index contributed by atoms with van der Waals surface area (Å²) in [5.41, 5.74) is 1.84. The van der Waals surface area contributed by atoms with Crippen molar-refractivity contribution in [2.45, 2.75) is 64.5 Å². The number of nitrogens with one attached hydrogen (secondary N) is 2. The summed E-state index contributed by atoms with van der Waals surface area (Å²) in [6.45, 7) is 4.35. The van der Waals surface area contributed by atoms with E-state index in [1.54, 1.807) is 53.2 Å². The second kappa shape index (κ2) is 13.5. The van der Waals surface area contributed by atoms with E-state index in [0.29, 0.717) is 40.7 Å². The molecule has 3 aliphatic rings. The molecule has 3 N–H and O–H groups in total. The second-order valence-corrected chi connectivity index (χ2v) is 11.9. The Morgan fingerprint density at radius 3 is 2.47 bits per heavy atom. The lowest BCUT2D eigenvalue weighted by atomic mass is 9.88. The third kappa shape index (κ3) is 7.33. The fraction of sp³-hybridized carbons (Fsp3) is 0.531. The van der Waals surface area contributed by atoms with E-state index < -0.39 is 12.1 Å². The molecular weight excluding hydrogens is 552 g/mol. The number of benzene rings is 2. The van der Waals surface area contributed by atoms with Gasteiger partial charge in [-0.1, -0.05) is 26.2 Å². The zero-order chi connectivity index (χ0) is 30.5. The van der Waals surface area contributed by atoms with Gasteiger partial charge in [-0.05, 0) is 50.1 Å². The summed E-state index contributed by atoms with van der Waals surface area (Å²) in [6.07, 6.45) is 4.67. The number of fused-ring (bicyclic) bond motifs is 2. The van der Waals surface area contributed by atoms with Crippen molar-refractivity contribution in [1.82, 2.24) is 9.80 Å². The van der Waals surface area contributed by atoms with E-state index in [2.05, 4.69) is 10.6 Å². The first kappa shape index (κ1) is 30.5. The van der Waals surface area contributed by atoms with E-state index in [9.17, 15) is 19.5 Å². The average molecular weight is 595 g/mol. The molecule has 2 aliphatic heterocycles. The molecule has 4 amide bonds. The minimum Gasteiger partial charge on any atom is -0.488 e. The number of urea groups is 1. The van der Waals surface area contributed by atoms with Crippen molar-refractivity contribution >= 4 is 29.2 Å². The van der Waals surface area contributed by atoms with Gasteiger partial charge in [0.15, 0.2) is 11.5 Å². The van der Waals surface area contributed by atoms with Gasteiger partial charge in [0.25, 0.3) is 0 Å². The minimum atomic E-state index is -0.465. The number of aliphatic hydroxyl groups is 1. The van der Waals surface area contributed by atoms with Crippen molar-refractivity contribution in [3.05, 3.63) is 42.0 Å². The molecule has 1 fully saturated rings. The van der Waals surface area contributed by atoms with Gasteiger partial charge in [-0.2, -0.15) is 0 Å². The number of hydrogen-bond acceptors (Lipinski definition) is 7. The Morgan fingerprint density at radius 1 is 1.02 bits per heavy atom. The molecule has 2 aromatic carbocycles. The topological polar surface area (TPSA) is 130 Å². The maximum atomic E-state index is 13.5. The maximum absolute atomic E-state index is 13.5. The van der Waals surface area contributed by atoms with E-state index in [-0.39, 0.29) is 56.0 Å². The number of likely N-dealkylation sites (N-methyl/N-ethyl adjacent to an activating group) is 1. The van der Waals surface area contributed by atoms with Gasteiger partial charge in [0.2, 0.25) is 18.6 Å². The number of rotatable bonds is 7. The van der Waals surface area contributed by atoms with Gasteiger partial charge in [-0.25, -0.2) is 4.79 Å². The smallest absolute Gasteiger partial charge is 0.321 e. The van der Waals surface area contributed by atoms with Crippen LogP contribution in [0.15, 0.2) is 36.4 Å². The van der Waals surface area contributed by atoms with E-state index in [0.717, 1.165) is 25.7 Å². The fourth-order valence-electron chi connectivity index (χ4n) is 5.88. The molecular formula is C32H42N4O7. The highest BCUT2D eigenvalue weighted by molar-refractivity contribution is 5.93. The van der Waals surface area contributed by atoms with Gasteiger partial charge in [0.05, 0.1) is 25.6 Å². The number of ether oxygens (including phenoxy) is 3. The van der Waals surface area contributed by atoms with Gasteiger partial charge in [0.1, 0.15) is 11.9 Å². The summed E-state index contributed by atoms with van der Waals surface area (Å²) in [4.78, 5) is 42.8. The van der Waals surface area contributed by atoms with E-state index in [1.807, 2.05) is 13.8 Å². The average Bonchev–Trinajstić information content (AvgIpc) is 3.49. The Bertz CT molecular complexity index is 1330. The van der Waals surface area contributed by atoms with Crippen LogP contribution in [-0.4, -0.2) is 78.4 Å². The molecule has 2 aromatic rings. The van der Waals surface area contributed by atoms with Gasteiger partial charge in [-0.3, -0.25) is 9.59 Å². The fourth-order valence-corrected chi connectivity index (χ4v) is 5.88. The third-order valence-corrected chi connectivity index (χ3v) is 8.58. The molecule has 0 saturated heterocycles. The highest BCUT2D eigenvalue weighted by atomic mass is 16.7. The first-order valence-corrected chi connectivity index (χ1v) is 15.1. The molecule has 0 aromatic heterocycles. The Hall–Kier alpha value is -3.99. The lowest BCUT2D eigenvalue weighted by Gasteiger charge is -2.34. The normalized spacial score (nSPS) is 21.0. The molecule has 0 radical (unpaired) electrons. The van der Waals surface area contributed by atoms with Gasteiger partial charge >= 0.3 is 6.03 Å². The number of aliphatic hydroxyl groups excluding tert-OH is 1. The van der Waals surface area contributed by atoms with Crippen LogP contribution in [0.5, 0.6) is 17.2 Å². The first-order valence-electron chi connectivity index (χ1n) is 15.1. The molecule has 1 saturated carbocycles. The van der Waals surface area contributed by atoms with Crippen LogP contribution in [0.4, 0.5) is 16.2 Å². The summed E-state index contributed by atoms with van der Waals surface area (Å²) in [6, 6.07) is 9.89. The van der Waals surface area contributed by atoms with Crippen LogP contribution in [0.25, 0.3) is 0 Å². The van der Waals surface area contributed by atoms with Crippen LogP contribution in [-0.2, 0) is 16.0 Å². The standard InChI is InChI=1S/C32H42N4O7/c1-20-16-36(21(2)18-37)30(38)14-23-13-24(33-31(39)22-7-5-4-6-8-22)9-11-26(23)43-29(20)17-35(3)32(40)34-25-10-12-27-28(15-25)42-19-41-27/h9-13,15,20-22,29,37H,4-8,14,16-19H2,1-3H3,(H,33,39)(H,34,40)/t20-,21+,29+/m0/s1. The molecule has 43 heavy (non-hydrogen) atoms. The lowest BCUT2D eigenvalue weighted by molar-refractivity contribution is -0.134. The maximum Gasteiger partial charge on any atom is 0.321 e. The molecule has 0 bridgehead atoms. The van der Waals surface area contributed by atoms with Crippen LogP contribution in [0, 0.1) is 11.8 Å². The minimum absolute atomic E-state index is 0.00214. The van der Waals surface area contributed by atoms with E-state index >= 15 is 0 Å². The Labute approximate surface area is 252 Å². The third-order valence-electron chi connectivity index (χ3n) is 8.58. The van der Waals surface area contributed by atoms with Crippen molar-refractivity contribution in [1.29, 1.82) is 0 Å². The molecule has 11 heteroatoms. The Kier molecular flexibility index (Phi) is 9.59. The monoisotopic (exact) mass is 594 g/mol. The zero-order valence-electron chi connectivity index (χ0n) is 25.1. The van der Waals surface area contributed by atoms with Crippen molar-refractivity contribution in [3.63, 3.8) is 0 Å². The van der Waals surface area contributed by atoms with E-state index in [1.165, 1.54) is 6.42 Å². The van der Waals surface area contributed by atoms with Crippen molar-refractivity contribution in [3.8, 4) is 17.2 Å². The van der Waals surface area contributed by atoms with Crippen molar-refractivity contribution in [2.75, 3.05) is 44.2 Å². The van der Waals surface area contributed by atoms with Gasteiger partial charge < -0.3 is 39.8 Å². The molecule has 3 atom stereocenters. The zero-order valence-corrected chi connectivity index (χ0v) is 25.1. The summed E-state index contributed by atoms with van der Waals surface area (Å²) in [7, 11) is 1.69. The highest BCUT2D eigenvalue weighted by Crippen LogP contribution is 2.34. The van der Waals surface area contributed by atoms with Crippen LogP contribution < -0.4 is 24.8 Å². The Balaban J connectivity index is 1.34. The number of anilines is 2. The predicted octanol–water partition coefficient (Wildman–Crippen LogP) is 4.25. The summed E-state index contributed by atoms with van der Waals surface area (Å²) < 4.78 is 17.3. The SMILES string of the molecule is C[C@H](CO)N1C[C@H](C)[C@@H](CN(C)C(=O)Nc2ccc3c(c2)OCO3)Oc2ccc(NC(=O)C3CCCCC3)cc2CC1=O. The largest absolute Gasteiger partial charge is 0.488 e. The highest BCUT2D eigenvalue weighted by Gasteiger charge is 2.32. The molecule has 1 aliphatic carbocycles. The number of nitrogens with zero attached hydrogens (tertiary/aromatic N) is 2. The van der Waals surface area contributed by atoms with E-state index in [4.69, 9.17) is 14.2 Å². The summed E-state index contributed by atoms with van der Waals surface area (Å²) >= 11 is 0. The quantitative estimate of drug-likeness (QED) is 0.437. The van der Waals surface area contributed by atoms with Crippen LogP contribution >= 0.6 is 0 Å². The molecule has 0 unspecified atom stereocenters. The second-order valence-electron chi connectivity index (χ2n) is 11.9. The molecule has 0 spiro atoms. The molecule has 11 nitrogen and oxygen atoms in total. The van der Waals surface area contributed by atoms with Crippen LogP contribution in [0.2, 0.25) is 0 Å². The van der Waals surface area contributed by atoms with Gasteiger partial charge in [-0.15, -0.1) is 0 Å². The molecule has 2 heterocycles. The van der Waals surface area contributed by atoms with Crippen LogP contribution in [0.1, 0.15) is 51.5 Å². The van der Waals surface area contributed by atoms with Gasteiger partial charge in [0, 0.05) is 48.4 Å². The van der Waals surface area contributed by atoms with Crippen molar-refractivity contribution < 1.29 is 33.7 Å². The molecule has 5 rings (SSSR count). The van der Waals surface area contributed by atoms with Crippen LogP contribution in [0.3, 0.4) is 0 Å². The predicted molar refractivity (Wildman–Crippen MR) is 161 cm³/mol. The number of carbonyl (C=O) groups excluding carboxylic acids is 3. The first-order chi connectivity index (χ1) is 20.7. The molecule has 232 valence electrons. The number of hydrogen-bond donors (Lipinski definition) is 3. The number of carbonyl (C=O) groups is 3. The number of amides is 4. The van der Waals surface area contributed by atoms with Crippen molar-refractivity contribution in [2.24, 2.45) is 11.8 Å². The summed E-state index contributed by atoms with van der Waals surface area (Å²) in [5, 5.41) is 15.8. The Morgan fingerprint density at radius 2 is 1.72 bits per heavy atom. The lowest BCUT2D eigenvalue weighted by Crippen LogP contribution is -2.48.